The van der Waals surface area contributed by atoms with Crippen molar-refractivity contribution in [2.45, 2.75) is 26.4 Å². The first-order chi connectivity index (χ1) is 9.22. The highest BCUT2D eigenvalue weighted by Gasteiger charge is 2.12. The van der Waals surface area contributed by atoms with Crippen LogP contribution in [0.2, 0.25) is 0 Å². The molecule has 19 heavy (non-hydrogen) atoms. The van der Waals surface area contributed by atoms with Crippen LogP contribution in [0.1, 0.15) is 31.0 Å². The van der Waals surface area contributed by atoms with E-state index in [9.17, 15) is 0 Å². The molecule has 0 amide bonds. The monoisotopic (exact) mass is 255 g/mol. The number of nitrogens with zero attached hydrogens (tertiary/aromatic N) is 2. The van der Waals surface area contributed by atoms with E-state index < -0.39 is 0 Å². The Labute approximate surface area is 115 Å². The van der Waals surface area contributed by atoms with Gasteiger partial charge in [-0.1, -0.05) is 18.2 Å². The third-order valence-electron chi connectivity index (χ3n) is 3.27. The third kappa shape index (κ3) is 3.32. The lowest BCUT2D eigenvalue weighted by atomic mass is 10.1. The lowest BCUT2D eigenvalue weighted by Crippen LogP contribution is -2.24. The Bertz CT molecular complexity index is 508. The Balaban J connectivity index is 2.27. The average Bonchev–Trinajstić information content (AvgIpc) is 2.46. The first kappa shape index (κ1) is 13.6. The third-order valence-corrected chi connectivity index (χ3v) is 3.27. The van der Waals surface area contributed by atoms with Crippen molar-refractivity contribution in [3.63, 3.8) is 0 Å². The molecule has 2 N–H and O–H groups in total. The molecule has 0 saturated heterocycles. The van der Waals surface area contributed by atoms with Gasteiger partial charge in [0.1, 0.15) is 0 Å². The lowest BCUT2D eigenvalue weighted by molar-refractivity contribution is 0.777. The number of rotatable bonds is 5. The Kier molecular flexibility index (Phi) is 4.53. The van der Waals surface area contributed by atoms with Gasteiger partial charge in [0.05, 0.1) is 0 Å². The maximum Gasteiger partial charge on any atom is 0.0430 e. The van der Waals surface area contributed by atoms with Gasteiger partial charge >= 0.3 is 0 Å². The summed E-state index contributed by atoms with van der Waals surface area (Å²) in [4.78, 5) is 6.40. The summed E-state index contributed by atoms with van der Waals surface area (Å²) >= 11 is 0. The second kappa shape index (κ2) is 6.34. The largest absolute Gasteiger partial charge is 0.367 e. The van der Waals surface area contributed by atoms with Crippen LogP contribution in [0, 0.1) is 0 Å². The molecule has 3 heteroatoms. The van der Waals surface area contributed by atoms with Crippen molar-refractivity contribution in [3.8, 4) is 0 Å². The fourth-order valence-electron chi connectivity index (χ4n) is 2.24. The van der Waals surface area contributed by atoms with Crippen LogP contribution < -0.4 is 10.6 Å². The van der Waals surface area contributed by atoms with E-state index in [0.29, 0.717) is 0 Å². The van der Waals surface area contributed by atoms with Gasteiger partial charge in [0, 0.05) is 37.2 Å². The number of benzene rings is 1. The van der Waals surface area contributed by atoms with Crippen LogP contribution in [0.15, 0.2) is 48.8 Å². The number of hydrogen-bond acceptors (Lipinski definition) is 3. The second-order valence-corrected chi connectivity index (χ2v) is 4.72. The molecule has 1 atom stereocenters. The molecule has 0 aliphatic heterocycles. The van der Waals surface area contributed by atoms with E-state index in [0.717, 1.165) is 13.1 Å². The van der Waals surface area contributed by atoms with Gasteiger partial charge in [-0.2, -0.15) is 0 Å². The molecular weight excluding hydrogens is 234 g/mol. The van der Waals surface area contributed by atoms with E-state index in [1.165, 1.54) is 16.8 Å². The van der Waals surface area contributed by atoms with Gasteiger partial charge in [-0.25, -0.2) is 0 Å². The maximum atomic E-state index is 6.06. The van der Waals surface area contributed by atoms with Gasteiger partial charge in [0.25, 0.3) is 0 Å². The van der Waals surface area contributed by atoms with E-state index in [1.54, 1.807) is 0 Å². The minimum Gasteiger partial charge on any atom is -0.367 e. The first-order valence-electron chi connectivity index (χ1n) is 6.70. The van der Waals surface area contributed by atoms with Gasteiger partial charge in [-0.15, -0.1) is 0 Å². The highest BCUT2D eigenvalue weighted by Crippen LogP contribution is 2.26. The van der Waals surface area contributed by atoms with Gasteiger partial charge in [0.2, 0.25) is 0 Å². The summed E-state index contributed by atoms with van der Waals surface area (Å²) in [6.45, 7) is 6.02. The molecule has 2 rings (SSSR count). The summed E-state index contributed by atoms with van der Waals surface area (Å²) in [7, 11) is 0. The molecular formula is C16H21N3. The minimum atomic E-state index is 0.0442. The molecule has 0 radical (unpaired) electrons. The number of para-hydroxylation sites is 1. The fourth-order valence-corrected chi connectivity index (χ4v) is 2.24. The summed E-state index contributed by atoms with van der Waals surface area (Å²) < 4.78 is 0. The van der Waals surface area contributed by atoms with Crippen LogP contribution in [0.25, 0.3) is 0 Å². The summed E-state index contributed by atoms with van der Waals surface area (Å²) in [6, 6.07) is 12.5. The molecule has 0 aliphatic carbocycles. The number of pyridine rings is 1. The Morgan fingerprint density at radius 2 is 1.84 bits per heavy atom. The molecule has 1 aromatic carbocycles. The number of hydrogen-bond donors (Lipinski definition) is 1. The van der Waals surface area contributed by atoms with E-state index in [4.69, 9.17) is 5.73 Å². The van der Waals surface area contributed by atoms with Gasteiger partial charge < -0.3 is 10.6 Å². The highest BCUT2D eigenvalue weighted by molar-refractivity contribution is 5.55. The Morgan fingerprint density at radius 3 is 2.47 bits per heavy atom. The normalized spacial score (nSPS) is 12.2. The zero-order valence-corrected chi connectivity index (χ0v) is 11.6. The predicted molar refractivity (Wildman–Crippen MR) is 80.0 cm³/mol. The van der Waals surface area contributed by atoms with Crippen LogP contribution in [0.3, 0.4) is 0 Å². The van der Waals surface area contributed by atoms with Crippen LogP contribution in [-0.2, 0) is 6.54 Å². The molecule has 0 aliphatic rings. The highest BCUT2D eigenvalue weighted by atomic mass is 15.1. The van der Waals surface area contributed by atoms with E-state index >= 15 is 0 Å². The maximum absolute atomic E-state index is 6.06. The second-order valence-electron chi connectivity index (χ2n) is 4.72. The molecule has 0 bridgehead atoms. The molecule has 1 aromatic heterocycles. The Morgan fingerprint density at radius 1 is 1.16 bits per heavy atom. The molecule has 0 spiro atoms. The van der Waals surface area contributed by atoms with E-state index in [-0.39, 0.29) is 6.04 Å². The van der Waals surface area contributed by atoms with Crippen molar-refractivity contribution in [1.82, 2.24) is 4.98 Å². The van der Waals surface area contributed by atoms with Crippen molar-refractivity contribution >= 4 is 5.69 Å². The predicted octanol–water partition coefficient (Wildman–Crippen LogP) is 3.13. The quantitative estimate of drug-likeness (QED) is 0.892. The lowest BCUT2D eigenvalue weighted by Gasteiger charge is -2.27. The summed E-state index contributed by atoms with van der Waals surface area (Å²) in [5.74, 6) is 0. The molecule has 2 aromatic rings. The van der Waals surface area contributed by atoms with E-state index in [1.807, 2.05) is 25.4 Å². The first-order valence-corrected chi connectivity index (χ1v) is 6.70. The van der Waals surface area contributed by atoms with Crippen molar-refractivity contribution < 1.29 is 0 Å². The average molecular weight is 255 g/mol. The van der Waals surface area contributed by atoms with Crippen LogP contribution in [0.4, 0.5) is 5.69 Å². The smallest absolute Gasteiger partial charge is 0.0430 e. The summed E-state index contributed by atoms with van der Waals surface area (Å²) in [5, 5.41) is 0. The van der Waals surface area contributed by atoms with Gasteiger partial charge in [-0.3, -0.25) is 4.98 Å². The van der Waals surface area contributed by atoms with Crippen LogP contribution >= 0.6 is 0 Å². The minimum absolute atomic E-state index is 0.0442. The number of nitrogens with two attached hydrogens (primary N) is 1. The van der Waals surface area contributed by atoms with Crippen molar-refractivity contribution in [2.75, 3.05) is 11.4 Å². The summed E-state index contributed by atoms with van der Waals surface area (Å²) in [6.07, 6.45) is 3.67. The van der Waals surface area contributed by atoms with Crippen molar-refractivity contribution in [3.05, 3.63) is 59.9 Å². The molecule has 0 saturated carbocycles. The number of aromatic nitrogens is 1. The van der Waals surface area contributed by atoms with Gasteiger partial charge in [0.15, 0.2) is 0 Å². The zero-order chi connectivity index (χ0) is 13.7. The van der Waals surface area contributed by atoms with Crippen LogP contribution in [0.5, 0.6) is 0 Å². The molecule has 1 heterocycles. The topological polar surface area (TPSA) is 42.2 Å². The van der Waals surface area contributed by atoms with Crippen molar-refractivity contribution in [2.24, 2.45) is 5.73 Å². The standard InChI is InChI=1S/C16H21N3/c1-3-19(12-14-8-10-18-11-9-14)16-7-5-4-6-15(16)13(2)17/h4-11,13H,3,12,17H2,1-2H3. The molecule has 3 nitrogen and oxygen atoms in total. The molecule has 100 valence electrons. The summed E-state index contributed by atoms with van der Waals surface area (Å²) in [5.41, 5.74) is 9.74. The van der Waals surface area contributed by atoms with Gasteiger partial charge in [-0.05, 0) is 43.2 Å². The fraction of sp³-hybridized carbons (Fsp3) is 0.312. The SMILES string of the molecule is CCN(Cc1ccncc1)c1ccccc1C(C)N. The zero-order valence-electron chi connectivity index (χ0n) is 11.6. The van der Waals surface area contributed by atoms with Crippen LogP contribution in [-0.4, -0.2) is 11.5 Å². The Hall–Kier alpha value is -1.87. The molecule has 1 unspecified atom stereocenters. The van der Waals surface area contributed by atoms with E-state index in [2.05, 4.69) is 47.1 Å². The molecule has 0 fully saturated rings. The van der Waals surface area contributed by atoms with Crippen molar-refractivity contribution in [1.29, 1.82) is 0 Å². The number of anilines is 1.